The molecule has 3 aromatic rings. The van der Waals surface area contributed by atoms with E-state index in [1.165, 1.54) is 11.3 Å². The molecule has 6 nitrogen and oxygen atoms in total. The zero-order valence-electron chi connectivity index (χ0n) is 15.4. The number of hydrogen-bond acceptors (Lipinski definition) is 6. The van der Waals surface area contributed by atoms with Crippen molar-refractivity contribution in [3.8, 4) is 22.1 Å². The van der Waals surface area contributed by atoms with Crippen molar-refractivity contribution in [1.82, 2.24) is 15.3 Å². The second kappa shape index (κ2) is 8.64. The van der Waals surface area contributed by atoms with Gasteiger partial charge >= 0.3 is 0 Å². The van der Waals surface area contributed by atoms with Gasteiger partial charge in [-0.1, -0.05) is 0 Å². The standard InChI is InChI=1S/C20H21N3O3S/c1-13(17-10-16(25-2)6-7-18(17)26-3)22-19(24)9-15-12-27-20(23-15)14-5-4-8-21-11-14/h4-8,10-13H,9H2,1-3H3,(H,22,24)/t13-/m1/s1. The van der Waals surface area contributed by atoms with Crippen molar-refractivity contribution in [2.45, 2.75) is 19.4 Å². The number of nitrogens with one attached hydrogen (secondary N) is 1. The lowest BCUT2D eigenvalue weighted by atomic mass is 10.1. The van der Waals surface area contributed by atoms with Gasteiger partial charge in [0.05, 0.1) is 32.4 Å². The number of methoxy groups -OCH3 is 2. The molecule has 0 fully saturated rings. The number of aromatic nitrogens is 2. The molecule has 140 valence electrons. The summed E-state index contributed by atoms with van der Waals surface area (Å²) in [5, 5.41) is 5.75. The topological polar surface area (TPSA) is 73.3 Å². The van der Waals surface area contributed by atoms with Gasteiger partial charge in [0.25, 0.3) is 0 Å². The molecule has 0 radical (unpaired) electrons. The Hall–Kier alpha value is -2.93. The molecule has 0 spiro atoms. The monoisotopic (exact) mass is 383 g/mol. The van der Waals surface area contributed by atoms with E-state index in [2.05, 4.69) is 15.3 Å². The van der Waals surface area contributed by atoms with Crippen LogP contribution in [-0.4, -0.2) is 30.1 Å². The number of amides is 1. The maximum absolute atomic E-state index is 12.5. The van der Waals surface area contributed by atoms with Crippen molar-refractivity contribution in [1.29, 1.82) is 0 Å². The maximum atomic E-state index is 12.5. The molecule has 3 rings (SSSR count). The molecule has 0 aliphatic rings. The second-order valence-electron chi connectivity index (χ2n) is 5.96. The van der Waals surface area contributed by atoms with Crippen molar-refractivity contribution in [2.75, 3.05) is 14.2 Å². The molecule has 1 aromatic carbocycles. The van der Waals surface area contributed by atoms with Crippen molar-refractivity contribution in [3.63, 3.8) is 0 Å². The lowest BCUT2D eigenvalue weighted by Gasteiger charge is -2.18. The van der Waals surface area contributed by atoms with E-state index in [0.717, 1.165) is 21.8 Å². The predicted octanol–water partition coefficient (Wildman–Crippen LogP) is 3.64. The van der Waals surface area contributed by atoms with E-state index in [9.17, 15) is 4.79 Å². The van der Waals surface area contributed by atoms with Gasteiger partial charge in [-0.15, -0.1) is 11.3 Å². The first-order valence-electron chi connectivity index (χ1n) is 8.46. The predicted molar refractivity (Wildman–Crippen MR) is 105 cm³/mol. The molecule has 1 atom stereocenters. The minimum atomic E-state index is -0.223. The van der Waals surface area contributed by atoms with E-state index in [-0.39, 0.29) is 18.4 Å². The van der Waals surface area contributed by atoms with Crippen LogP contribution in [0.1, 0.15) is 24.2 Å². The first-order valence-corrected chi connectivity index (χ1v) is 9.34. The minimum Gasteiger partial charge on any atom is -0.497 e. The maximum Gasteiger partial charge on any atom is 0.226 e. The van der Waals surface area contributed by atoms with Crippen LogP contribution < -0.4 is 14.8 Å². The molecular formula is C20H21N3O3S. The number of pyridine rings is 1. The fraction of sp³-hybridized carbons (Fsp3) is 0.250. The van der Waals surface area contributed by atoms with E-state index in [1.54, 1.807) is 26.6 Å². The Kier molecular flexibility index (Phi) is 6.03. The molecule has 0 aliphatic heterocycles. The summed E-state index contributed by atoms with van der Waals surface area (Å²) in [6.45, 7) is 1.91. The van der Waals surface area contributed by atoms with Gasteiger partial charge in [0.15, 0.2) is 0 Å². The number of hydrogen-bond donors (Lipinski definition) is 1. The van der Waals surface area contributed by atoms with E-state index < -0.39 is 0 Å². The molecule has 0 saturated carbocycles. The minimum absolute atomic E-state index is 0.101. The summed E-state index contributed by atoms with van der Waals surface area (Å²) in [5.41, 5.74) is 2.55. The molecule has 1 N–H and O–H groups in total. The highest BCUT2D eigenvalue weighted by Gasteiger charge is 2.16. The molecule has 0 bridgehead atoms. The van der Waals surface area contributed by atoms with Gasteiger partial charge < -0.3 is 14.8 Å². The molecule has 2 heterocycles. The third-order valence-electron chi connectivity index (χ3n) is 4.08. The molecule has 1 amide bonds. The SMILES string of the molecule is COc1ccc(OC)c([C@@H](C)NC(=O)Cc2csc(-c3cccnc3)n2)c1. The van der Waals surface area contributed by atoms with Gasteiger partial charge in [0, 0.05) is 28.9 Å². The number of carbonyl (C=O) groups excluding carboxylic acids is 1. The number of thiazole rings is 1. The first kappa shape index (κ1) is 18.8. The third kappa shape index (κ3) is 4.62. The summed E-state index contributed by atoms with van der Waals surface area (Å²) in [7, 11) is 3.21. The number of carbonyl (C=O) groups is 1. The number of benzene rings is 1. The summed E-state index contributed by atoms with van der Waals surface area (Å²) < 4.78 is 10.7. The number of rotatable bonds is 7. The van der Waals surface area contributed by atoms with Crippen molar-refractivity contribution in [3.05, 3.63) is 59.4 Å². The lowest BCUT2D eigenvalue weighted by molar-refractivity contribution is -0.121. The van der Waals surface area contributed by atoms with Gasteiger partial charge in [0.1, 0.15) is 16.5 Å². The van der Waals surface area contributed by atoms with Crippen LogP contribution in [-0.2, 0) is 11.2 Å². The lowest BCUT2D eigenvalue weighted by Crippen LogP contribution is -2.28. The molecule has 2 aromatic heterocycles. The highest BCUT2D eigenvalue weighted by atomic mass is 32.1. The molecule has 27 heavy (non-hydrogen) atoms. The zero-order valence-corrected chi connectivity index (χ0v) is 16.2. The van der Waals surface area contributed by atoms with Gasteiger partial charge in [-0.3, -0.25) is 9.78 Å². The van der Waals surface area contributed by atoms with Gasteiger partial charge in [-0.05, 0) is 37.3 Å². The molecule has 0 aliphatic carbocycles. The smallest absolute Gasteiger partial charge is 0.226 e. The van der Waals surface area contributed by atoms with E-state index in [0.29, 0.717) is 11.5 Å². The summed E-state index contributed by atoms with van der Waals surface area (Å²) >= 11 is 1.50. The third-order valence-corrected chi connectivity index (χ3v) is 5.02. The van der Waals surface area contributed by atoms with Crippen LogP contribution >= 0.6 is 11.3 Å². The number of nitrogens with zero attached hydrogens (tertiary/aromatic N) is 2. The Morgan fingerprint density at radius 3 is 2.81 bits per heavy atom. The Morgan fingerprint density at radius 2 is 2.11 bits per heavy atom. The fourth-order valence-corrected chi connectivity index (χ4v) is 3.53. The summed E-state index contributed by atoms with van der Waals surface area (Å²) in [4.78, 5) is 21.1. The van der Waals surface area contributed by atoms with Crippen molar-refractivity contribution >= 4 is 17.2 Å². The average Bonchev–Trinajstić information content (AvgIpc) is 3.16. The molecule has 7 heteroatoms. The zero-order chi connectivity index (χ0) is 19.2. The fourth-order valence-electron chi connectivity index (χ4n) is 2.72. The summed E-state index contributed by atoms with van der Waals surface area (Å²) in [6, 6.07) is 9.12. The van der Waals surface area contributed by atoms with Crippen LogP contribution in [0.4, 0.5) is 0 Å². The Labute approximate surface area is 162 Å². The Morgan fingerprint density at radius 1 is 1.26 bits per heavy atom. The van der Waals surface area contributed by atoms with Gasteiger partial charge in [0.2, 0.25) is 5.91 Å². The van der Waals surface area contributed by atoms with Crippen LogP contribution in [0.5, 0.6) is 11.5 Å². The van der Waals surface area contributed by atoms with E-state index in [1.807, 2.05) is 42.6 Å². The second-order valence-corrected chi connectivity index (χ2v) is 6.82. The molecule has 0 saturated heterocycles. The van der Waals surface area contributed by atoms with E-state index in [4.69, 9.17) is 9.47 Å². The van der Waals surface area contributed by atoms with Crippen molar-refractivity contribution < 1.29 is 14.3 Å². The largest absolute Gasteiger partial charge is 0.497 e. The van der Waals surface area contributed by atoms with Gasteiger partial charge in [-0.2, -0.15) is 0 Å². The van der Waals surface area contributed by atoms with Crippen LogP contribution in [0, 0.1) is 0 Å². The summed E-state index contributed by atoms with van der Waals surface area (Å²) in [6.07, 6.45) is 3.70. The van der Waals surface area contributed by atoms with E-state index >= 15 is 0 Å². The van der Waals surface area contributed by atoms with Crippen LogP contribution in [0.2, 0.25) is 0 Å². The normalized spacial score (nSPS) is 11.7. The van der Waals surface area contributed by atoms with Gasteiger partial charge in [-0.25, -0.2) is 4.98 Å². The van der Waals surface area contributed by atoms with Crippen LogP contribution in [0.25, 0.3) is 10.6 Å². The Balaban J connectivity index is 1.67. The molecule has 0 unspecified atom stereocenters. The first-order chi connectivity index (χ1) is 13.1. The summed E-state index contributed by atoms with van der Waals surface area (Å²) in [5.74, 6) is 1.32. The number of ether oxygens (including phenoxy) is 2. The van der Waals surface area contributed by atoms with Crippen LogP contribution in [0.15, 0.2) is 48.1 Å². The molecular weight excluding hydrogens is 362 g/mol. The average molecular weight is 383 g/mol. The highest BCUT2D eigenvalue weighted by Crippen LogP contribution is 2.29. The van der Waals surface area contributed by atoms with Crippen molar-refractivity contribution in [2.24, 2.45) is 0 Å². The quantitative estimate of drug-likeness (QED) is 0.674. The highest BCUT2D eigenvalue weighted by molar-refractivity contribution is 7.13. The van der Waals surface area contributed by atoms with Crippen LogP contribution in [0.3, 0.4) is 0 Å². The Bertz CT molecular complexity index is 912.